The molecule has 1 aromatic carbocycles. The molecule has 126 valence electrons. The van der Waals surface area contributed by atoms with E-state index in [1.165, 1.54) is 0 Å². The third-order valence-electron chi connectivity index (χ3n) is 4.40. The lowest BCUT2D eigenvalue weighted by Crippen LogP contribution is -2.23. The minimum Gasteiger partial charge on any atom is -0.439 e. The Morgan fingerprint density at radius 2 is 2.08 bits per heavy atom. The fraction of sp³-hybridized carbons (Fsp3) is 0.368. The van der Waals surface area contributed by atoms with Gasteiger partial charge in [-0.25, -0.2) is 4.98 Å². The Labute approximate surface area is 142 Å². The van der Waals surface area contributed by atoms with Crippen LogP contribution in [-0.4, -0.2) is 16.9 Å². The topological polar surface area (TPSA) is 77.2 Å². The highest BCUT2D eigenvalue weighted by atomic mass is 16.5. The molecule has 1 amide bonds. The summed E-state index contributed by atoms with van der Waals surface area (Å²) in [6.45, 7) is 3.96. The molecule has 0 bridgehead atoms. The van der Waals surface area contributed by atoms with Crippen LogP contribution in [0.15, 0.2) is 36.5 Å². The number of nitrogens with two attached hydrogens (primary N) is 1. The second-order valence-corrected chi connectivity index (χ2v) is 6.51. The summed E-state index contributed by atoms with van der Waals surface area (Å²) in [6.07, 6.45) is 4.25. The predicted octanol–water partition coefficient (Wildman–Crippen LogP) is 3.56. The van der Waals surface area contributed by atoms with Crippen LogP contribution in [0.4, 0.5) is 5.69 Å². The van der Waals surface area contributed by atoms with Crippen LogP contribution in [0, 0.1) is 19.8 Å². The van der Waals surface area contributed by atoms with Crippen molar-refractivity contribution in [2.75, 3.05) is 5.32 Å². The van der Waals surface area contributed by atoms with E-state index in [0.717, 1.165) is 36.1 Å². The van der Waals surface area contributed by atoms with Crippen LogP contribution in [0.5, 0.6) is 11.6 Å². The first-order chi connectivity index (χ1) is 11.5. The van der Waals surface area contributed by atoms with Crippen LogP contribution in [0.3, 0.4) is 0 Å². The van der Waals surface area contributed by atoms with Gasteiger partial charge in [-0.15, -0.1) is 0 Å². The average molecular weight is 325 g/mol. The van der Waals surface area contributed by atoms with Gasteiger partial charge in [0.1, 0.15) is 5.75 Å². The van der Waals surface area contributed by atoms with Crippen molar-refractivity contribution in [2.45, 2.75) is 39.2 Å². The van der Waals surface area contributed by atoms with Crippen molar-refractivity contribution < 1.29 is 9.53 Å². The second kappa shape index (κ2) is 7.01. The third kappa shape index (κ3) is 3.92. The molecular weight excluding hydrogens is 302 g/mol. The number of pyridine rings is 1. The summed E-state index contributed by atoms with van der Waals surface area (Å²) >= 11 is 0. The Morgan fingerprint density at radius 3 is 2.79 bits per heavy atom. The van der Waals surface area contributed by atoms with Gasteiger partial charge in [0.25, 0.3) is 0 Å². The Hall–Kier alpha value is -2.40. The summed E-state index contributed by atoms with van der Waals surface area (Å²) in [6, 6.07) is 9.60. The van der Waals surface area contributed by atoms with Gasteiger partial charge in [0.05, 0.1) is 0 Å². The molecule has 1 aliphatic rings. The molecule has 5 heteroatoms. The van der Waals surface area contributed by atoms with Crippen molar-refractivity contribution in [2.24, 2.45) is 11.7 Å². The number of carbonyl (C=O) groups excluding carboxylic acids is 1. The van der Waals surface area contributed by atoms with E-state index in [-0.39, 0.29) is 17.9 Å². The first-order valence-corrected chi connectivity index (χ1v) is 8.29. The Bertz CT molecular complexity index is 745. The maximum Gasteiger partial charge on any atom is 0.227 e. The molecule has 0 saturated heterocycles. The molecule has 2 atom stereocenters. The van der Waals surface area contributed by atoms with Gasteiger partial charge in [-0.1, -0.05) is 6.07 Å². The van der Waals surface area contributed by atoms with Gasteiger partial charge in [0.15, 0.2) is 0 Å². The highest BCUT2D eigenvalue weighted by Gasteiger charge is 2.27. The standard InChI is InChI=1S/C19H23N3O2/c1-12-7-8-21-18(9-12)24-17-11-16(6-3-13(17)2)22-19(23)14-4-5-15(20)10-14/h3,6-9,11,14-15H,4-5,10,20H2,1-2H3,(H,22,23). The molecule has 1 heterocycles. The Kier molecular flexibility index (Phi) is 4.81. The van der Waals surface area contributed by atoms with Gasteiger partial charge in [-0.05, 0) is 56.4 Å². The lowest BCUT2D eigenvalue weighted by atomic mass is 10.1. The summed E-state index contributed by atoms with van der Waals surface area (Å²) in [5, 5.41) is 2.97. The molecule has 1 saturated carbocycles. The number of nitrogens with one attached hydrogen (secondary N) is 1. The zero-order valence-electron chi connectivity index (χ0n) is 14.1. The highest BCUT2D eigenvalue weighted by Crippen LogP contribution is 2.29. The van der Waals surface area contributed by atoms with Crippen LogP contribution < -0.4 is 15.8 Å². The van der Waals surface area contributed by atoms with E-state index >= 15 is 0 Å². The number of amides is 1. The van der Waals surface area contributed by atoms with Crippen molar-refractivity contribution in [1.82, 2.24) is 4.98 Å². The van der Waals surface area contributed by atoms with Crippen LogP contribution in [0.1, 0.15) is 30.4 Å². The molecule has 0 aliphatic heterocycles. The van der Waals surface area contributed by atoms with Crippen molar-refractivity contribution >= 4 is 11.6 Å². The Balaban J connectivity index is 1.72. The number of hydrogen-bond donors (Lipinski definition) is 2. The first-order valence-electron chi connectivity index (χ1n) is 8.29. The summed E-state index contributed by atoms with van der Waals surface area (Å²) < 4.78 is 5.87. The zero-order valence-corrected chi connectivity index (χ0v) is 14.1. The number of anilines is 1. The van der Waals surface area contributed by atoms with E-state index in [4.69, 9.17) is 10.5 Å². The Morgan fingerprint density at radius 1 is 1.25 bits per heavy atom. The number of rotatable bonds is 4. The molecule has 1 fully saturated rings. The van der Waals surface area contributed by atoms with E-state index in [2.05, 4.69) is 10.3 Å². The van der Waals surface area contributed by atoms with Crippen molar-refractivity contribution in [3.8, 4) is 11.6 Å². The molecule has 0 radical (unpaired) electrons. The van der Waals surface area contributed by atoms with E-state index in [0.29, 0.717) is 11.6 Å². The fourth-order valence-corrected chi connectivity index (χ4v) is 2.96. The number of aryl methyl sites for hydroxylation is 2. The highest BCUT2D eigenvalue weighted by molar-refractivity contribution is 5.93. The summed E-state index contributed by atoms with van der Waals surface area (Å²) in [5.41, 5.74) is 8.69. The monoisotopic (exact) mass is 325 g/mol. The predicted molar refractivity (Wildman–Crippen MR) is 94.2 cm³/mol. The van der Waals surface area contributed by atoms with Gasteiger partial charge in [0.2, 0.25) is 11.8 Å². The molecule has 3 rings (SSSR count). The van der Waals surface area contributed by atoms with Gasteiger partial charge in [-0.3, -0.25) is 4.79 Å². The number of hydrogen-bond acceptors (Lipinski definition) is 4. The molecule has 0 spiro atoms. The SMILES string of the molecule is Cc1ccnc(Oc2cc(NC(=O)C3CCC(N)C3)ccc2C)c1. The summed E-state index contributed by atoms with van der Waals surface area (Å²) in [5.74, 6) is 1.27. The van der Waals surface area contributed by atoms with E-state index in [1.807, 2.05) is 44.2 Å². The van der Waals surface area contributed by atoms with Crippen molar-refractivity contribution in [1.29, 1.82) is 0 Å². The third-order valence-corrected chi connectivity index (χ3v) is 4.40. The number of carbonyl (C=O) groups is 1. The summed E-state index contributed by atoms with van der Waals surface area (Å²) in [4.78, 5) is 16.6. The molecule has 3 N–H and O–H groups in total. The van der Waals surface area contributed by atoms with E-state index in [1.54, 1.807) is 6.20 Å². The number of benzene rings is 1. The number of ether oxygens (including phenoxy) is 1. The van der Waals surface area contributed by atoms with Gasteiger partial charge >= 0.3 is 0 Å². The van der Waals surface area contributed by atoms with Crippen molar-refractivity contribution in [3.05, 3.63) is 47.7 Å². The largest absolute Gasteiger partial charge is 0.439 e. The smallest absolute Gasteiger partial charge is 0.227 e. The second-order valence-electron chi connectivity index (χ2n) is 6.51. The normalized spacial score (nSPS) is 20.0. The average Bonchev–Trinajstić information content (AvgIpc) is 2.97. The van der Waals surface area contributed by atoms with Crippen molar-refractivity contribution in [3.63, 3.8) is 0 Å². The zero-order chi connectivity index (χ0) is 17.1. The molecule has 1 aromatic heterocycles. The molecule has 2 aromatic rings. The van der Waals surface area contributed by atoms with Gasteiger partial charge in [0, 0.05) is 36.0 Å². The number of aromatic nitrogens is 1. The maximum atomic E-state index is 12.3. The minimum atomic E-state index is 0.00381. The molecule has 24 heavy (non-hydrogen) atoms. The quantitative estimate of drug-likeness (QED) is 0.901. The van der Waals surface area contributed by atoms with Crippen LogP contribution in [0.25, 0.3) is 0 Å². The first kappa shape index (κ1) is 16.5. The molecule has 2 unspecified atom stereocenters. The van der Waals surface area contributed by atoms with Crippen LogP contribution >= 0.6 is 0 Å². The van der Waals surface area contributed by atoms with E-state index in [9.17, 15) is 4.79 Å². The molecular formula is C19H23N3O2. The van der Waals surface area contributed by atoms with Gasteiger partial charge in [-0.2, -0.15) is 0 Å². The van der Waals surface area contributed by atoms with E-state index < -0.39 is 0 Å². The van der Waals surface area contributed by atoms with Gasteiger partial charge < -0.3 is 15.8 Å². The minimum absolute atomic E-state index is 0.00381. The lowest BCUT2D eigenvalue weighted by Gasteiger charge is -2.13. The van der Waals surface area contributed by atoms with Crippen LogP contribution in [0.2, 0.25) is 0 Å². The maximum absolute atomic E-state index is 12.3. The summed E-state index contributed by atoms with van der Waals surface area (Å²) in [7, 11) is 0. The van der Waals surface area contributed by atoms with Crippen LogP contribution in [-0.2, 0) is 4.79 Å². The fourth-order valence-electron chi connectivity index (χ4n) is 2.96. The number of nitrogens with zero attached hydrogens (tertiary/aromatic N) is 1. The molecule has 5 nitrogen and oxygen atoms in total. The molecule has 1 aliphatic carbocycles. The lowest BCUT2D eigenvalue weighted by molar-refractivity contribution is -0.119.